The number of hydrogen-bond donors (Lipinski definition) is 1. The van der Waals surface area contributed by atoms with E-state index in [0.29, 0.717) is 33.5 Å². The molecule has 11 heteroatoms. The molecular weight excluding hydrogens is 448 g/mol. The molecule has 2 aromatic carbocycles. The molecule has 0 saturated heterocycles. The van der Waals surface area contributed by atoms with Crippen molar-refractivity contribution in [1.29, 1.82) is 5.26 Å². The lowest BCUT2D eigenvalue weighted by Gasteiger charge is -2.13. The maximum Gasteiger partial charge on any atom is 0.340 e. The van der Waals surface area contributed by atoms with Gasteiger partial charge in [-0.15, -0.1) is 11.3 Å². The second kappa shape index (κ2) is 10.3. The highest BCUT2D eigenvalue weighted by Crippen LogP contribution is 2.34. The number of carbonyl (C=O) groups is 1. The summed E-state index contributed by atoms with van der Waals surface area (Å²) < 4.78 is 15.3. The minimum atomic E-state index is -0.597. The van der Waals surface area contributed by atoms with Crippen molar-refractivity contribution in [1.82, 2.24) is 4.98 Å². The summed E-state index contributed by atoms with van der Waals surface area (Å²) in [5.41, 5.74) is 1.99. The van der Waals surface area contributed by atoms with Gasteiger partial charge in [0.2, 0.25) is 0 Å². The average molecular weight is 466 g/mol. The number of aromatic nitrogens is 1. The van der Waals surface area contributed by atoms with Crippen molar-refractivity contribution in [2.24, 2.45) is 0 Å². The van der Waals surface area contributed by atoms with Gasteiger partial charge in [-0.2, -0.15) is 5.26 Å². The predicted molar refractivity (Wildman–Crippen MR) is 122 cm³/mol. The van der Waals surface area contributed by atoms with Gasteiger partial charge >= 0.3 is 5.97 Å². The number of nitrogens with one attached hydrogen (secondary N) is 1. The number of nitrogens with zero attached hydrogens (tertiary/aromatic N) is 3. The van der Waals surface area contributed by atoms with Crippen LogP contribution in [0, 0.1) is 21.4 Å². The fourth-order valence-corrected chi connectivity index (χ4v) is 3.65. The van der Waals surface area contributed by atoms with Crippen LogP contribution in [0.1, 0.15) is 15.4 Å². The van der Waals surface area contributed by atoms with Crippen LogP contribution in [-0.4, -0.2) is 37.2 Å². The first-order valence-corrected chi connectivity index (χ1v) is 10.2. The van der Waals surface area contributed by atoms with Crippen LogP contribution in [0.2, 0.25) is 0 Å². The Hall–Kier alpha value is -4.43. The molecule has 0 aliphatic heterocycles. The highest BCUT2D eigenvalue weighted by molar-refractivity contribution is 7.11. The number of methoxy groups -OCH3 is 3. The fourth-order valence-electron chi connectivity index (χ4n) is 2.85. The van der Waals surface area contributed by atoms with Gasteiger partial charge in [0.1, 0.15) is 16.6 Å². The van der Waals surface area contributed by atoms with Crippen LogP contribution >= 0.6 is 11.3 Å². The van der Waals surface area contributed by atoms with Crippen LogP contribution in [-0.2, 0) is 4.74 Å². The van der Waals surface area contributed by atoms with Crippen LogP contribution in [0.25, 0.3) is 16.8 Å². The molecule has 0 bridgehead atoms. The van der Waals surface area contributed by atoms with E-state index >= 15 is 0 Å². The van der Waals surface area contributed by atoms with Crippen molar-refractivity contribution < 1.29 is 23.9 Å². The smallest absolute Gasteiger partial charge is 0.340 e. The number of anilines is 1. The Morgan fingerprint density at radius 1 is 1.18 bits per heavy atom. The number of nitriles is 1. The van der Waals surface area contributed by atoms with E-state index in [1.165, 1.54) is 57.1 Å². The lowest BCUT2D eigenvalue weighted by Crippen LogP contribution is -2.07. The number of rotatable bonds is 8. The minimum absolute atomic E-state index is 0.0210. The van der Waals surface area contributed by atoms with Gasteiger partial charge in [-0.25, -0.2) is 9.78 Å². The van der Waals surface area contributed by atoms with Crippen molar-refractivity contribution in [2.75, 3.05) is 26.6 Å². The molecule has 0 aliphatic carbocycles. The molecule has 0 aliphatic rings. The highest BCUT2D eigenvalue weighted by atomic mass is 32.1. The number of nitro benzene ring substituents is 1. The topological polar surface area (TPSA) is 137 Å². The average Bonchev–Trinajstić information content (AvgIpc) is 3.33. The number of nitro groups is 1. The predicted octanol–water partition coefficient (Wildman–Crippen LogP) is 4.50. The van der Waals surface area contributed by atoms with Gasteiger partial charge in [-0.1, -0.05) is 0 Å². The second-order valence-corrected chi connectivity index (χ2v) is 7.26. The van der Waals surface area contributed by atoms with Gasteiger partial charge < -0.3 is 19.5 Å². The lowest BCUT2D eigenvalue weighted by molar-refractivity contribution is -0.384. The molecule has 0 unspecified atom stereocenters. The number of thiazole rings is 1. The number of carbonyl (C=O) groups excluding carboxylic acids is 1. The maximum atomic E-state index is 12.2. The molecule has 0 spiro atoms. The Labute approximate surface area is 192 Å². The monoisotopic (exact) mass is 466 g/mol. The fraction of sp³-hybridized carbons (Fsp3) is 0.136. The van der Waals surface area contributed by atoms with Crippen molar-refractivity contribution in [3.05, 3.63) is 68.7 Å². The highest BCUT2D eigenvalue weighted by Gasteiger charge is 2.18. The summed E-state index contributed by atoms with van der Waals surface area (Å²) in [5, 5.41) is 25.6. The van der Waals surface area contributed by atoms with Gasteiger partial charge in [0.25, 0.3) is 5.69 Å². The molecule has 0 amide bonds. The van der Waals surface area contributed by atoms with E-state index in [1.807, 2.05) is 0 Å². The summed E-state index contributed by atoms with van der Waals surface area (Å²) in [6, 6.07) is 11.1. The zero-order chi connectivity index (χ0) is 24.0. The molecule has 168 valence electrons. The van der Waals surface area contributed by atoms with E-state index in [1.54, 1.807) is 23.6 Å². The Kier molecular flexibility index (Phi) is 7.22. The quantitative estimate of drug-likeness (QED) is 0.220. The third-order valence-corrected chi connectivity index (χ3v) is 5.41. The molecule has 1 aromatic heterocycles. The third-order valence-electron chi connectivity index (χ3n) is 4.53. The maximum absolute atomic E-state index is 12.2. The van der Waals surface area contributed by atoms with Gasteiger partial charge in [-0.3, -0.25) is 10.1 Å². The SMILES string of the molecule is COC(=O)c1cc(OC)c(OC)cc1N/C=C(\C#N)c1nc(-c2ccc([N+](=O)[O-])cc2)cs1. The third kappa shape index (κ3) is 5.08. The van der Waals surface area contributed by atoms with E-state index < -0.39 is 10.9 Å². The Balaban J connectivity index is 1.91. The molecule has 0 radical (unpaired) electrons. The normalized spacial score (nSPS) is 10.8. The first kappa shape index (κ1) is 23.2. The summed E-state index contributed by atoms with van der Waals surface area (Å²) in [4.78, 5) is 27.0. The van der Waals surface area contributed by atoms with Gasteiger partial charge in [0.05, 0.1) is 43.2 Å². The van der Waals surface area contributed by atoms with Gasteiger partial charge in [0.15, 0.2) is 11.5 Å². The largest absolute Gasteiger partial charge is 0.493 e. The first-order valence-electron chi connectivity index (χ1n) is 9.33. The van der Waals surface area contributed by atoms with E-state index in [4.69, 9.17) is 14.2 Å². The summed E-state index contributed by atoms with van der Waals surface area (Å²) in [7, 11) is 4.17. The molecule has 10 nitrogen and oxygen atoms in total. The van der Waals surface area contributed by atoms with Crippen LogP contribution in [0.15, 0.2) is 48.0 Å². The molecule has 3 rings (SSSR count). The zero-order valence-electron chi connectivity index (χ0n) is 17.8. The van der Waals surface area contributed by atoms with Gasteiger partial charge in [-0.05, 0) is 12.1 Å². The van der Waals surface area contributed by atoms with E-state index in [9.17, 15) is 20.2 Å². The second-order valence-electron chi connectivity index (χ2n) is 6.40. The minimum Gasteiger partial charge on any atom is -0.493 e. The van der Waals surface area contributed by atoms with E-state index in [2.05, 4.69) is 16.4 Å². The number of non-ortho nitro benzene ring substituents is 1. The van der Waals surface area contributed by atoms with Crippen LogP contribution in [0.3, 0.4) is 0 Å². The van der Waals surface area contributed by atoms with Crippen molar-refractivity contribution in [2.45, 2.75) is 0 Å². The number of allylic oxidation sites excluding steroid dienone is 1. The van der Waals surface area contributed by atoms with Crippen molar-refractivity contribution >= 4 is 34.3 Å². The number of benzene rings is 2. The lowest BCUT2D eigenvalue weighted by atomic mass is 10.1. The number of hydrogen-bond acceptors (Lipinski definition) is 10. The molecule has 0 saturated carbocycles. The first-order chi connectivity index (χ1) is 15.9. The number of ether oxygens (including phenoxy) is 3. The Morgan fingerprint density at radius 2 is 1.85 bits per heavy atom. The molecule has 0 fully saturated rings. The van der Waals surface area contributed by atoms with Crippen LogP contribution < -0.4 is 14.8 Å². The van der Waals surface area contributed by atoms with Gasteiger partial charge in [0, 0.05) is 41.4 Å². The summed E-state index contributed by atoms with van der Waals surface area (Å²) in [5.74, 6) is 0.134. The van der Waals surface area contributed by atoms with E-state index in [-0.39, 0.29) is 16.8 Å². The summed E-state index contributed by atoms with van der Waals surface area (Å²) >= 11 is 1.24. The van der Waals surface area contributed by atoms with Crippen LogP contribution in [0.4, 0.5) is 11.4 Å². The summed E-state index contributed by atoms with van der Waals surface area (Å²) in [6.07, 6.45) is 1.42. The van der Waals surface area contributed by atoms with Crippen LogP contribution in [0.5, 0.6) is 11.5 Å². The molecule has 33 heavy (non-hydrogen) atoms. The number of esters is 1. The summed E-state index contributed by atoms with van der Waals surface area (Å²) in [6.45, 7) is 0. The molecule has 1 N–H and O–H groups in total. The Bertz CT molecular complexity index is 1260. The zero-order valence-corrected chi connectivity index (χ0v) is 18.6. The van der Waals surface area contributed by atoms with E-state index in [0.717, 1.165) is 0 Å². The molecule has 3 aromatic rings. The molecule has 0 atom stereocenters. The molecular formula is C22H18N4O6S. The van der Waals surface area contributed by atoms with Crippen molar-refractivity contribution in [3.8, 4) is 28.8 Å². The Morgan fingerprint density at radius 3 is 2.42 bits per heavy atom. The van der Waals surface area contributed by atoms with Crippen molar-refractivity contribution in [3.63, 3.8) is 0 Å². The standard InChI is InChI=1S/C22H18N4O6S/c1-30-19-8-16(22(27)32-3)17(9-20(19)31-2)24-11-14(10-23)21-25-18(12-33-21)13-4-6-15(7-5-13)26(28)29/h4-9,11-12,24H,1-3H3/b14-11+. The molecule has 1 heterocycles.